The van der Waals surface area contributed by atoms with Crippen LogP contribution in [0.4, 0.5) is 10.7 Å². The van der Waals surface area contributed by atoms with Gasteiger partial charge in [-0.3, -0.25) is 14.0 Å². The van der Waals surface area contributed by atoms with Crippen LogP contribution in [-0.4, -0.2) is 69.4 Å². The van der Waals surface area contributed by atoms with Crippen molar-refractivity contribution in [2.75, 3.05) is 24.6 Å². The number of piperidine rings is 2. The van der Waals surface area contributed by atoms with Crippen molar-refractivity contribution in [3.63, 3.8) is 0 Å². The SMILES string of the molecule is Cn1cc2c(Cl)c(-c3cn(COCC[Si](C)(C)C)c4nc(N5C[C@H]6C[C@@H](C5)[C@@H]6NC(=O)OC(C)(C)C)n(C)c(=O)c34)ccc2n1. The number of carbonyl (C=O) groups is 1. The Hall–Kier alpha value is -3.35. The summed E-state index contributed by atoms with van der Waals surface area (Å²) in [6, 6.07) is 4.94. The van der Waals surface area contributed by atoms with E-state index in [1.165, 1.54) is 0 Å². The van der Waals surface area contributed by atoms with Crippen molar-refractivity contribution in [2.24, 2.45) is 25.9 Å². The average Bonchev–Trinajstić information content (AvgIpc) is 3.51. The van der Waals surface area contributed by atoms with Crippen LogP contribution in [0.25, 0.3) is 33.1 Å². The number of benzene rings is 1. The summed E-state index contributed by atoms with van der Waals surface area (Å²) in [5.74, 6) is 1.11. The molecule has 3 aromatic heterocycles. The molecule has 13 heteroatoms. The number of amides is 1. The highest BCUT2D eigenvalue weighted by molar-refractivity contribution is 6.76. The molecule has 0 radical (unpaired) electrons. The number of alkyl carbamates (subject to hydrolysis) is 1. The largest absolute Gasteiger partial charge is 0.444 e. The minimum atomic E-state index is -1.28. The third-order valence-corrected chi connectivity index (χ3v) is 10.9. The number of nitrogens with zero attached hydrogens (tertiary/aromatic N) is 6. The monoisotopic (exact) mass is 653 g/mol. The summed E-state index contributed by atoms with van der Waals surface area (Å²) in [5, 5.41) is 9.44. The van der Waals surface area contributed by atoms with Gasteiger partial charge in [0.15, 0.2) is 5.65 Å². The Kier molecular flexibility index (Phi) is 8.06. The standard InChI is InChI=1S/C32H44ClN7O4Si/c1-32(2,3)44-31(42)34-27-19-13-20(27)15-39(14-19)30-35-28-25(29(41)38(30)5)22(17-40(28)18-43-11-12-45(6,7)8)21-9-10-24-23(26(21)33)16-37(4)36-24/h9-10,16-17,19-20,27H,11-15,18H2,1-8H3,(H,34,42)/t19-,20+,27-. The zero-order valence-corrected chi connectivity index (χ0v) is 29.2. The number of hydrogen-bond donors (Lipinski definition) is 1. The minimum absolute atomic E-state index is 0.0524. The van der Waals surface area contributed by atoms with Crippen LogP contribution in [0, 0.1) is 11.8 Å². The van der Waals surface area contributed by atoms with Crippen molar-refractivity contribution in [1.82, 2.24) is 29.2 Å². The third kappa shape index (κ3) is 6.24. The normalized spacial score (nSPS) is 20.1. The van der Waals surface area contributed by atoms with E-state index in [-0.39, 0.29) is 36.3 Å². The Labute approximate surface area is 269 Å². The molecular weight excluding hydrogens is 610 g/mol. The molecular formula is C32H44ClN7O4Si. The second kappa shape index (κ2) is 11.5. The molecule has 1 saturated carbocycles. The quantitative estimate of drug-likeness (QED) is 0.195. The molecule has 0 spiro atoms. The number of aromatic nitrogens is 5. The summed E-state index contributed by atoms with van der Waals surface area (Å²) < 4.78 is 17.0. The molecule has 1 N–H and O–H groups in total. The zero-order valence-electron chi connectivity index (χ0n) is 27.5. The lowest BCUT2D eigenvalue weighted by Gasteiger charge is -2.53. The number of hydrogen-bond acceptors (Lipinski definition) is 7. The fourth-order valence-electron chi connectivity index (χ4n) is 6.55. The lowest BCUT2D eigenvalue weighted by molar-refractivity contribution is 0.0281. The van der Waals surface area contributed by atoms with Crippen LogP contribution in [0.1, 0.15) is 27.2 Å². The molecule has 3 fully saturated rings. The number of fused-ring (bicyclic) bond motifs is 4. The number of rotatable bonds is 8. The van der Waals surface area contributed by atoms with Crippen LogP contribution in [0.5, 0.6) is 0 Å². The van der Waals surface area contributed by atoms with Crippen molar-refractivity contribution in [1.29, 1.82) is 0 Å². The van der Waals surface area contributed by atoms with Crippen LogP contribution in [0.3, 0.4) is 0 Å². The molecule has 0 unspecified atom stereocenters. The molecule has 2 aliphatic heterocycles. The van der Waals surface area contributed by atoms with E-state index in [1.54, 1.807) is 16.3 Å². The first-order valence-corrected chi connectivity index (χ1v) is 19.7. The van der Waals surface area contributed by atoms with Gasteiger partial charge in [-0.1, -0.05) is 37.3 Å². The fourth-order valence-corrected chi connectivity index (χ4v) is 7.62. The van der Waals surface area contributed by atoms with Gasteiger partial charge in [0, 0.05) is 76.8 Å². The lowest BCUT2D eigenvalue weighted by Crippen LogP contribution is -2.65. The van der Waals surface area contributed by atoms with Crippen molar-refractivity contribution in [3.8, 4) is 11.1 Å². The zero-order chi connectivity index (χ0) is 32.4. The van der Waals surface area contributed by atoms with E-state index in [0.29, 0.717) is 41.7 Å². The molecule has 2 saturated heterocycles. The topological polar surface area (TPSA) is 108 Å². The maximum atomic E-state index is 14.2. The van der Waals surface area contributed by atoms with Crippen molar-refractivity contribution in [2.45, 2.75) is 71.3 Å². The van der Waals surface area contributed by atoms with Crippen LogP contribution in [-0.2, 0) is 30.3 Å². The lowest BCUT2D eigenvalue weighted by atomic mass is 9.66. The first-order chi connectivity index (χ1) is 21.1. The number of carbonyl (C=O) groups excluding carboxylic acids is 1. The van der Waals surface area contributed by atoms with E-state index in [0.717, 1.165) is 34.5 Å². The van der Waals surface area contributed by atoms with E-state index in [1.807, 2.05) is 56.9 Å². The highest BCUT2D eigenvalue weighted by Crippen LogP contribution is 2.42. The molecule has 1 aliphatic carbocycles. The van der Waals surface area contributed by atoms with Crippen molar-refractivity contribution < 1.29 is 14.3 Å². The van der Waals surface area contributed by atoms with E-state index in [4.69, 9.17) is 26.1 Å². The third-order valence-electron chi connectivity index (χ3n) is 8.83. The Balaban J connectivity index is 1.35. The summed E-state index contributed by atoms with van der Waals surface area (Å²) >= 11 is 6.96. The van der Waals surface area contributed by atoms with Gasteiger partial charge in [-0.05, 0) is 51.1 Å². The first kappa shape index (κ1) is 31.6. The smallest absolute Gasteiger partial charge is 0.407 e. The molecule has 11 nitrogen and oxygen atoms in total. The molecule has 1 amide bonds. The number of anilines is 1. The van der Waals surface area contributed by atoms with Gasteiger partial charge in [0.05, 0.1) is 15.9 Å². The Morgan fingerprint density at radius 1 is 1.11 bits per heavy atom. The van der Waals surface area contributed by atoms with Crippen molar-refractivity contribution >= 4 is 53.7 Å². The van der Waals surface area contributed by atoms with Gasteiger partial charge in [-0.15, -0.1) is 0 Å². The molecule has 45 heavy (non-hydrogen) atoms. The number of aryl methyl sites for hydroxylation is 1. The summed E-state index contributed by atoms with van der Waals surface area (Å²) in [6.07, 6.45) is 4.47. The molecule has 3 aliphatic rings. The van der Waals surface area contributed by atoms with Gasteiger partial charge in [0.2, 0.25) is 5.95 Å². The Morgan fingerprint density at radius 3 is 2.49 bits per heavy atom. The molecule has 2 bridgehead atoms. The van der Waals surface area contributed by atoms with E-state index >= 15 is 0 Å². The summed E-state index contributed by atoms with van der Waals surface area (Å²) in [4.78, 5) is 34.0. The highest BCUT2D eigenvalue weighted by Gasteiger charge is 2.48. The summed E-state index contributed by atoms with van der Waals surface area (Å²) in [6.45, 7) is 14.9. The molecule has 242 valence electrons. The molecule has 1 aromatic carbocycles. The first-order valence-electron chi connectivity index (χ1n) is 15.6. The number of halogens is 1. The maximum Gasteiger partial charge on any atom is 0.407 e. The second-order valence-corrected chi connectivity index (χ2v) is 20.8. The van der Waals surface area contributed by atoms with Crippen LogP contribution >= 0.6 is 11.6 Å². The molecule has 5 heterocycles. The Bertz CT molecular complexity index is 1820. The molecule has 7 rings (SSSR count). The Morgan fingerprint density at radius 2 is 1.82 bits per heavy atom. The molecule has 3 atom stereocenters. The predicted molar refractivity (Wildman–Crippen MR) is 181 cm³/mol. The second-order valence-electron chi connectivity index (χ2n) is 14.8. The van der Waals surface area contributed by atoms with Crippen LogP contribution < -0.4 is 15.8 Å². The molecule has 4 aromatic rings. The van der Waals surface area contributed by atoms with Crippen LogP contribution in [0.2, 0.25) is 30.7 Å². The highest BCUT2D eigenvalue weighted by atomic mass is 35.5. The average molecular weight is 654 g/mol. The van der Waals surface area contributed by atoms with Gasteiger partial charge in [-0.2, -0.15) is 10.1 Å². The number of nitrogens with one attached hydrogen (secondary N) is 1. The van der Waals surface area contributed by atoms with E-state index < -0.39 is 13.7 Å². The van der Waals surface area contributed by atoms with Crippen molar-refractivity contribution in [3.05, 3.63) is 39.9 Å². The minimum Gasteiger partial charge on any atom is -0.444 e. The fraction of sp³-hybridized carbons (Fsp3) is 0.562. The van der Waals surface area contributed by atoms with Gasteiger partial charge in [-0.25, -0.2) is 4.79 Å². The van der Waals surface area contributed by atoms with Gasteiger partial charge in [0.1, 0.15) is 12.3 Å². The van der Waals surface area contributed by atoms with E-state index in [9.17, 15) is 9.59 Å². The van der Waals surface area contributed by atoms with Gasteiger partial charge >= 0.3 is 6.09 Å². The predicted octanol–water partition coefficient (Wildman–Crippen LogP) is 5.60. The van der Waals surface area contributed by atoms with Crippen LogP contribution in [0.15, 0.2) is 29.3 Å². The van der Waals surface area contributed by atoms with E-state index in [2.05, 4.69) is 35.0 Å². The summed E-state index contributed by atoms with van der Waals surface area (Å²) in [5.41, 5.74) is 2.15. The summed E-state index contributed by atoms with van der Waals surface area (Å²) in [7, 11) is 2.36. The number of ether oxygens (including phenoxy) is 2. The van der Waals surface area contributed by atoms with Gasteiger partial charge in [0.25, 0.3) is 5.56 Å². The van der Waals surface area contributed by atoms with Gasteiger partial charge < -0.3 is 24.3 Å². The maximum absolute atomic E-state index is 14.2.